The van der Waals surface area contributed by atoms with Gasteiger partial charge in [-0.15, -0.1) is 0 Å². The van der Waals surface area contributed by atoms with Gasteiger partial charge in [-0.25, -0.2) is 4.79 Å². The number of nitrogens with zero attached hydrogens (tertiary/aromatic N) is 5. The van der Waals surface area contributed by atoms with Crippen LogP contribution in [0.15, 0.2) is 27.8 Å². The van der Waals surface area contributed by atoms with E-state index < -0.39 is 0 Å². The van der Waals surface area contributed by atoms with Crippen molar-refractivity contribution in [2.75, 3.05) is 11.4 Å². The van der Waals surface area contributed by atoms with E-state index >= 15 is 0 Å². The largest absolute Gasteiger partial charge is 0.332 e. The average molecular weight is 367 g/mol. The van der Waals surface area contributed by atoms with Crippen LogP contribution in [0.2, 0.25) is 0 Å². The first-order valence-corrected chi connectivity index (χ1v) is 9.49. The van der Waals surface area contributed by atoms with E-state index in [2.05, 4.69) is 30.9 Å². The molecule has 7 nitrogen and oxygen atoms in total. The van der Waals surface area contributed by atoms with Crippen molar-refractivity contribution in [3.8, 4) is 0 Å². The van der Waals surface area contributed by atoms with Gasteiger partial charge in [-0.1, -0.05) is 19.1 Å². The van der Waals surface area contributed by atoms with Crippen LogP contribution in [0.25, 0.3) is 11.2 Å². The molecule has 0 saturated carbocycles. The lowest BCUT2D eigenvalue weighted by Gasteiger charge is -2.30. The van der Waals surface area contributed by atoms with Gasteiger partial charge in [0, 0.05) is 32.4 Å². The monoisotopic (exact) mass is 367 g/mol. The van der Waals surface area contributed by atoms with Gasteiger partial charge in [0.15, 0.2) is 11.2 Å². The van der Waals surface area contributed by atoms with Gasteiger partial charge in [0.1, 0.15) is 0 Å². The number of rotatable bonds is 3. The minimum absolute atomic E-state index is 0.239. The molecule has 0 unspecified atom stereocenters. The highest BCUT2D eigenvalue weighted by Gasteiger charge is 2.27. The molecule has 0 fully saturated rings. The second-order valence-corrected chi connectivity index (χ2v) is 7.26. The number of hydrogen-bond acceptors (Lipinski definition) is 4. The van der Waals surface area contributed by atoms with E-state index in [-0.39, 0.29) is 11.2 Å². The summed E-state index contributed by atoms with van der Waals surface area (Å²) in [6.45, 7) is 8.15. The van der Waals surface area contributed by atoms with Crippen LogP contribution in [-0.4, -0.2) is 25.2 Å². The van der Waals surface area contributed by atoms with Crippen LogP contribution in [0.3, 0.4) is 0 Å². The molecule has 1 aliphatic rings. The van der Waals surface area contributed by atoms with Gasteiger partial charge in [-0.2, -0.15) is 4.98 Å². The first kappa shape index (κ1) is 17.6. The molecule has 1 aliphatic heterocycles. The van der Waals surface area contributed by atoms with Crippen molar-refractivity contribution in [1.82, 2.24) is 18.7 Å². The molecule has 0 saturated heterocycles. The van der Waals surface area contributed by atoms with E-state index in [1.54, 1.807) is 7.05 Å². The molecule has 0 bridgehead atoms. The number of imidazole rings is 1. The third-order valence-corrected chi connectivity index (χ3v) is 5.53. The predicted molar refractivity (Wildman–Crippen MR) is 107 cm³/mol. The summed E-state index contributed by atoms with van der Waals surface area (Å²) in [5.74, 6) is 0.742. The fourth-order valence-electron chi connectivity index (χ4n) is 3.94. The highest BCUT2D eigenvalue weighted by Crippen LogP contribution is 2.33. The lowest BCUT2D eigenvalue weighted by molar-refractivity contribution is 0.579. The van der Waals surface area contributed by atoms with Crippen LogP contribution in [-0.2, 0) is 20.1 Å². The molecule has 0 atom stereocenters. The van der Waals surface area contributed by atoms with E-state index in [1.807, 2.05) is 17.6 Å². The zero-order valence-electron chi connectivity index (χ0n) is 16.3. The zero-order valence-corrected chi connectivity index (χ0v) is 16.3. The molecular weight excluding hydrogens is 342 g/mol. The molecule has 0 N–H and O–H groups in total. The van der Waals surface area contributed by atoms with Gasteiger partial charge >= 0.3 is 5.69 Å². The topological polar surface area (TPSA) is 65.1 Å². The van der Waals surface area contributed by atoms with Crippen LogP contribution in [0.1, 0.15) is 30.9 Å². The number of aryl methyl sites for hydroxylation is 3. The van der Waals surface area contributed by atoms with Gasteiger partial charge in [0.2, 0.25) is 5.95 Å². The summed E-state index contributed by atoms with van der Waals surface area (Å²) in [5.41, 5.74) is 3.97. The molecule has 0 amide bonds. The lowest BCUT2D eigenvalue weighted by Crippen LogP contribution is -2.39. The number of benzene rings is 1. The third kappa shape index (κ3) is 2.52. The van der Waals surface area contributed by atoms with Crippen LogP contribution in [0.4, 0.5) is 11.6 Å². The molecule has 3 heterocycles. The fourth-order valence-corrected chi connectivity index (χ4v) is 3.94. The number of aromatic nitrogens is 4. The minimum atomic E-state index is -0.303. The Kier molecular flexibility index (Phi) is 4.17. The van der Waals surface area contributed by atoms with Gasteiger partial charge in [-0.3, -0.25) is 13.9 Å². The van der Waals surface area contributed by atoms with E-state index in [4.69, 9.17) is 4.98 Å². The van der Waals surface area contributed by atoms with Crippen molar-refractivity contribution in [1.29, 1.82) is 0 Å². The fraction of sp³-hybridized carbons (Fsp3) is 0.450. The van der Waals surface area contributed by atoms with E-state index in [0.29, 0.717) is 17.7 Å². The standard InChI is InChI=1S/C20H25N5O2/c1-5-10-25-18(26)16-17(22(4)20(25)27)21-19-23(11-7-12-24(16)19)15-9-6-8-13(2)14(15)3/h6,8-9H,5,7,10-12H2,1-4H3. The number of hydrogen-bond donors (Lipinski definition) is 0. The van der Waals surface area contributed by atoms with Gasteiger partial charge in [0.05, 0.1) is 0 Å². The Hall–Kier alpha value is -2.83. The minimum Gasteiger partial charge on any atom is -0.312 e. The van der Waals surface area contributed by atoms with Crippen LogP contribution >= 0.6 is 0 Å². The van der Waals surface area contributed by atoms with E-state index in [9.17, 15) is 9.59 Å². The number of anilines is 2. The van der Waals surface area contributed by atoms with Crippen molar-refractivity contribution in [2.24, 2.45) is 7.05 Å². The molecule has 2 aromatic heterocycles. The molecular formula is C20H25N5O2. The third-order valence-electron chi connectivity index (χ3n) is 5.53. The van der Waals surface area contributed by atoms with Gasteiger partial charge < -0.3 is 9.47 Å². The lowest BCUT2D eigenvalue weighted by atomic mass is 10.1. The summed E-state index contributed by atoms with van der Waals surface area (Å²) in [7, 11) is 1.69. The molecule has 0 aliphatic carbocycles. The maximum absolute atomic E-state index is 13.1. The Morgan fingerprint density at radius 1 is 1.15 bits per heavy atom. The Balaban J connectivity index is 2.01. The summed E-state index contributed by atoms with van der Waals surface area (Å²) in [6.07, 6.45) is 1.65. The maximum Gasteiger partial charge on any atom is 0.332 e. The van der Waals surface area contributed by atoms with Crippen molar-refractivity contribution < 1.29 is 0 Å². The van der Waals surface area contributed by atoms with Gasteiger partial charge in [0.25, 0.3) is 5.56 Å². The van der Waals surface area contributed by atoms with Crippen molar-refractivity contribution in [3.63, 3.8) is 0 Å². The second kappa shape index (κ2) is 6.40. The van der Waals surface area contributed by atoms with Crippen LogP contribution < -0.4 is 16.1 Å². The van der Waals surface area contributed by atoms with Crippen LogP contribution in [0.5, 0.6) is 0 Å². The maximum atomic E-state index is 13.1. The highest BCUT2D eigenvalue weighted by molar-refractivity contribution is 5.77. The Labute approximate surface area is 157 Å². The predicted octanol–water partition coefficient (Wildman–Crippen LogP) is 2.47. The van der Waals surface area contributed by atoms with Crippen molar-refractivity contribution in [3.05, 3.63) is 50.2 Å². The molecule has 0 radical (unpaired) electrons. The molecule has 27 heavy (non-hydrogen) atoms. The first-order valence-electron chi connectivity index (χ1n) is 9.49. The molecule has 0 spiro atoms. The molecule has 4 rings (SSSR count). The Morgan fingerprint density at radius 3 is 2.67 bits per heavy atom. The average Bonchev–Trinajstić information content (AvgIpc) is 3.06. The van der Waals surface area contributed by atoms with E-state index in [1.165, 1.54) is 20.3 Å². The second-order valence-electron chi connectivity index (χ2n) is 7.26. The number of fused-ring (bicyclic) bond motifs is 3. The molecule has 3 aromatic rings. The Bertz CT molecular complexity index is 1150. The molecule has 7 heteroatoms. The molecule has 142 valence electrons. The first-order chi connectivity index (χ1) is 13.0. The van der Waals surface area contributed by atoms with Crippen molar-refractivity contribution in [2.45, 2.75) is 46.7 Å². The smallest absolute Gasteiger partial charge is 0.312 e. The summed E-state index contributed by atoms with van der Waals surface area (Å²) < 4.78 is 4.81. The highest BCUT2D eigenvalue weighted by atomic mass is 16.2. The zero-order chi connectivity index (χ0) is 19.3. The normalized spacial score (nSPS) is 14.0. The summed E-state index contributed by atoms with van der Waals surface area (Å²) in [6, 6.07) is 6.23. The van der Waals surface area contributed by atoms with Crippen molar-refractivity contribution >= 4 is 22.8 Å². The van der Waals surface area contributed by atoms with E-state index in [0.717, 1.165) is 37.6 Å². The summed E-state index contributed by atoms with van der Waals surface area (Å²) in [5, 5.41) is 0. The summed E-state index contributed by atoms with van der Waals surface area (Å²) in [4.78, 5) is 32.6. The summed E-state index contributed by atoms with van der Waals surface area (Å²) >= 11 is 0. The molecule has 1 aromatic carbocycles. The quantitative estimate of drug-likeness (QED) is 0.713. The Morgan fingerprint density at radius 2 is 1.93 bits per heavy atom. The SMILES string of the molecule is CCCn1c(=O)c2c(nc3n2CCCN3c2cccc(C)c2C)n(C)c1=O. The van der Waals surface area contributed by atoms with Gasteiger partial charge in [-0.05, 0) is 43.9 Å². The van der Waals surface area contributed by atoms with Crippen LogP contribution in [0, 0.1) is 13.8 Å².